The van der Waals surface area contributed by atoms with Gasteiger partial charge in [-0.05, 0) is 35.0 Å². The van der Waals surface area contributed by atoms with Crippen LogP contribution in [0.2, 0.25) is 0 Å². The lowest BCUT2D eigenvalue weighted by atomic mass is 10.5. The van der Waals surface area contributed by atoms with Crippen LogP contribution in [0.3, 0.4) is 0 Å². The van der Waals surface area contributed by atoms with Crippen molar-refractivity contribution in [2.24, 2.45) is 5.73 Å². The number of nitrogens with two attached hydrogens (primary N) is 1. The van der Waals surface area contributed by atoms with Crippen molar-refractivity contribution in [2.45, 2.75) is 35.6 Å². The predicted octanol–water partition coefficient (Wildman–Crippen LogP) is 1.33. The van der Waals surface area contributed by atoms with Crippen LogP contribution in [0.15, 0.2) is 21.8 Å². The molecule has 0 atom stereocenters. The lowest BCUT2D eigenvalue weighted by molar-refractivity contribution is 0.565. The molecular formula is C10H11N7S2. The molecule has 3 heterocycles. The average Bonchev–Trinajstić information content (AvgIpc) is 2.85. The first-order valence-electron chi connectivity index (χ1n) is 5.97. The summed E-state index contributed by atoms with van der Waals surface area (Å²) in [4.78, 5) is 5.55. The highest BCUT2D eigenvalue weighted by atomic mass is 32.2. The molecule has 4 rings (SSSR count). The summed E-state index contributed by atoms with van der Waals surface area (Å²) in [5, 5.41) is 15.6. The second-order valence-electron chi connectivity index (χ2n) is 4.36. The Morgan fingerprint density at radius 3 is 3.16 bits per heavy atom. The lowest BCUT2D eigenvalue weighted by Crippen LogP contribution is -2.02. The van der Waals surface area contributed by atoms with E-state index in [0.717, 1.165) is 33.7 Å². The van der Waals surface area contributed by atoms with Crippen LogP contribution >= 0.6 is 23.1 Å². The number of imidazole rings is 1. The van der Waals surface area contributed by atoms with E-state index < -0.39 is 0 Å². The number of nitrogens with zero attached hydrogens (tertiary/aromatic N) is 6. The van der Waals surface area contributed by atoms with E-state index in [-0.39, 0.29) is 0 Å². The standard InChI is InChI=1S/C10H11N7S2/c11-5-7-8(12-9-16(7)3-4-18-9)19-10-13-14-15-17(10)6-1-2-6/h3-4,6H,1-2,5,11H2. The molecule has 1 saturated carbocycles. The highest BCUT2D eigenvalue weighted by molar-refractivity contribution is 7.99. The van der Waals surface area contributed by atoms with Gasteiger partial charge in [-0.2, -0.15) is 0 Å². The van der Waals surface area contributed by atoms with Gasteiger partial charge in [-0.15, -0.1) is 16.4 Å². The number of aromatic nitrogens is 6. The minimum Gasteiger partial charge on any atom is -0.325 e. The summed E-state index contributed by atoms with van der Waals surface area (Å²) in [6.07, 6.45) is 4.30. The summed E-state index contributed by atoms with van der Waals surface area (Å²) in [6, 6.07) is 0.461. The second-order valence-corrected chi connectivity index (χ2v) is 6.19. The van der Waals surface area contributed by atoms with E-state index in [1.807, 2.05) is 20.7 Å². The van der Waals surface area contributed by atoms with Gasteiger partial charge in [0.25, 0.3) is 0 Å². The third kappa shape index (κ3) is 1.85. The van der Waals surface area contributed by atoms with Gasteiger partial charge in [0.15, 0.2) is 4.96 Å². The number of rotatable bonds is 4. The molecule has 3 aromatic rings. The largest absolute Gasteiger partial charge is 0.325 e. The van der Waals surface area contributed by atoms with E-state index in [1.54, 1.807) is 11.3 Å². The van der Waals surface area contributed by atoms with Crippen LogP contribution in [0, 0.1) is 0 Å². The third-order valence-corrected chi connectivity index (χ3v) is 4.79. The molecule has 3 aromatic heterocycles. The van der Waals surface area contributed by atoms with E-state index in [9.17, 15) is 0 Å². The molecule has 1 aliphatic carbocycles. The van der Waals surface area contributed by atoms with Crippen molar-refractivity contribution in [2.75, 3.05) is 0 Å². The van der Waals surface area contributed by atoms with E-state index >= 15 is 0 Å². The van der Waals surface area contributed by atoms with Gasteiger partial charge in [0.1, 0.15) is 5.03 Å². The molecule has 7 nitrogen and oxygen atoms in total. The van der Waals surface area contributed by atoms with Gasteiger partial charge in [-0.1, -0.05) is 0 Å². The maximum atomic E-state index is 5.83. The third-order valence-electron chi connectivity index (χ3n) is 3.06. The monoisotopic (exact) mass is 293 g/mol. The number of thiazole rings is 1. The summed E-state index contributed by atoms with van der Waals surface area (Å²) in [6.45, 7) is 0.450. The van der Waals surface area contributed by atoms with E-state index in [4.69, 9.17) is 5.73 Å². The van der Waals surface area contributed by atoms with Crippen molar-refractivity contribution >= 4 is 28.1 Å². The number of hydrogen-bond acceptors (Lipinski definition) is 7. The average molecular weight is 293 g/mol. The molecule has 2 N–H and O–H groups in total. The molecule has 9 heteroatoms. The molecule has 0 aromatic carbocycles. The zero-order valence-electron chi connectivity index (χ0n) is 9.93. The maximum absolute atomic E-state index is 5.83. The van der Waals surface area contributed by atoms with Crippen molar-refractivity contribution < 1.29 is 0 Å². The normalized spacial score (nSPS) is 15.4. The molecule has 0 amide bonds. The van der Waals surface area contributed by atoms with Gasteiger partial charge in [-0.25, -0.2) is 9.67 Å². The van der Waals surface area contributed by atoms with E-state index in [1.165, 1.54) is 11.8 Å². The van der Waals surface area contributed by atoms with Gasteiger partial charge >= 0.3 is 0 Å². The summed E-state index contributed by atoms with van der Waals surface area (Å²) in [7, 11) is 0. The second kappa shape index (κ2) is 4.29. The Labute approximate surface area is 116 Å². The molecule has 98 valence electrons. The molecule has 1 fully saturated rings. The fourth-order valence-corrected chi connectivity index (χ4v) is 3.72. The molecule has 19 heavy (non-hydrogen) atoms. The summed E-state index contributed by atoms with van der Waals surface area (Å²) in [5.74, 6) is 0. The molecule has 0 bridgehead atoms. The minimum absolute atomic E-state index is 0.450. The van der Waals surface area contributed by atoms with Crippen LogP contribution in [0.25, 0.3) is 4.96 Å². The predicted molar refractivity (Wildman–Crippen MR) is 71.2 cm³/mol. The Balaban J connectivity index is 1.73. The number of tetrazole rings is 1. The topological polar surface area (TPSA) is 86.9 Å². The van der Waals surface area contributed by atoms with Crippen molar-refractivity contribution in [1.29, 1.82) is 0 Å². The van der Waals surface area contributed by atoms with Gasteiger partial charge in [0.05, 0.1) is 11.7 Å². The van der Waals surface area contributed by atoms with Crippen molar-refractivity contribution in [3.8, 4) is 0 Å². The van der Waals surface area contributed by atoms with E-state index in [0.29, 0.717) is 12.6 Å². The van der Waals surface area contributed by atoms with Crippen LogP contribution in [-0.2, 0) is 6.54 Å². The zero-order valence-corrected chi connectivity index (χ0v) is 11.6. The molecule has 0 saturated heterocycles. The van der Waals surface area contributed by atoms with Crippen LogP contribution in [0.4, 0.5) is 0 Å². The Hall–Kier alpha value is -1.45. The Morgan fingerprint density at radius 2 is 2.37 bits per heavy atom. The smallest absolute Gasteiger partial charge is 0.215 e. The highest BCUT2D eigenvalue weighted by Gasteiger charge is 2.28. The van der Waals surface area contributed by atoms with Gasteiger partial charge in [-0.3, -0.25) is 4.40 Å². The Morgan fingerprint density at radius 1 is 1.47 bits per heavy atom. The van der Waals surface area contributed by atoms with Gasteiger partial charge < -0.3 is 5.73 Å². The molecule has 0 unspecified atom stereocenters. The van der Waals surface area contributed by atoms with Crippen molar-refractivity contribution in [3.05, 3.63) is 17.3 Å². The maximum Gasteiger partial charge on any atom is 0.215 e. The quantitative estimate of drug-likeness (QED) is 0.781. The number of hydrogen-bond donors (Lipinski definition) is 1. The van der Waals surface area contributed by atoms with Crippen LogP contribution in [0.5, 0.6) is 0 Å². The molecular weight excluding hydrogens is 282 g/mol. The molecule has 0 aliphatic heterocycles. The fraction of sp³-hybridized carbons (Fsp3) is 0.400. The first-order valence-corrected chi connectivity index (χ1v) is 7.66. The molecule has 1 aliphatic rings. The Bertz CT molecular complexity index is 723. The number of fused-ring (bicyclic) bond motifs is 1. The molecule has 0 radical (unpaired) electrons. The summed E-state index contributed by atoms with van der Waals surface area (Å²) in [5.41, 5.74) is 6.84. The lowest BCUT2D eigenvalue weighted by Gasteiger charge is -2.01. The van der Waals surface area contributed by atoms with Crippen LogP contribution in [-0.4, -0.2) is 29.6 Å². The zero-order chi connectivity index (χ0) is 12.8. The van der Waals surface area contributed by atoms with Crippen molar-refractivity contribution in [1.82, 2.24) is 29.6 Å². The van der Waals surface area contributed by atoms with Gasteiger partial charge in [0.2, 0.25) is 5.16 Å². The minimum atomic E-state index is 0.450. The first-order chi connectivity index (χ1) is 9.36. The summed E-state index contributed by atoms with van der Waals surface area (Å²) < 4.78 is 3.91. The Kier molecular flexibility index (Phi) is 2.57. The van der Waals surface area contributed by atoms with Crippen molar-refractivity contribution in [3.63, 3.8) is 0 Å². The summed E-state index contributed by atoms with van der Waals surface area (Å²) >= 11 is 3.09. The highest BCUT2D eigenvalue weighted by Crippen LogP contribution is 2.38. The van der Waals surface area contributed by atoms with Gasteiger partial charge in [0, 0.05) is 18.1 Å². The molecule has 0 spiro atoms. The van der Waals surface area contributed by atoms with Crippen LogP contribution in [0.1, 0.15) is 24.6 Å². The van der Waals surface area contributed by atoms with E-state index in [2.05, 4.69) is 20.5 Å². The first kappa shape index (κ1) is 11.4. The van der Waals surface area contributed by atoms with Crippen LogP contribution < -0.4 is 5.73 Å². The SMILES string of the molecule is NCc1c(Sc2nnnn2C2CC2)nc2sccn12. The fourth-order valence-electron chi connectivity index (χ4n) is 1.97.